The molecule has 4 nitrogen and oxygen atoms in total. The van der Waals surface area contributed by atoms with E-state index in [9.17, 15) is 9.18 Å². The Balaban J connectivity index is 1.26. The number of hydrogen-bond acceptors (Lipinski definition) is 2. The van der Waals surface area contributed by atoms with E-state index in [0.717, 1.165) is 54.5 Å². The molecule has 2 aromatic carbocycles. The van der Waals surface area contributed by atoms with Gasteiger partial charge in [-0.1, -0.05) is 24.3 Å². The lowest BCUT2D eigenvalue weighted by Gasteiger charge is -2.27. The van der Waals surface area contributed by atoms with Gasteiger partial charge in [0, 0.05) is 18.9 Å². The predicted molar refractivity (Wildman–Crippen MR) is 103 cm³/mol. The number of aromatic nitrogens is 2. The van der Waals surface area contributed by atoms with E-state index in [2.05, 4.69) is 15.3 Å². The second kappa shape index (κ2) is 7.91. The summed E-state index contributed by atoms with van der Waals surface area (Å²) in [6, 6.07) is 14.5. The fourth-order valence-corrected chi connectivity index (χ4v) is 3.98. The van der Waals surface area contributed by atoms with Crippen LogP contribution in [-0.4, -0.2) is 15.9 Å². The lowest BCUT2D eigenvalue weighted by Crippen LogP contribution is -2.33. The number of amides is 1. The number of benzene rings is 2. The first kappa shape index (κ1) is 17.7. The Hall–Kier alpha value is -2.69. The zero-order chi connectivity index (χ0) is 18.6. The van der Waals surface area contributed by atoms with Gasteiger partial charge in [0.05, 0.1) is 11.0 Å². The minimum Gasteiger partial charge on any atom is -0.352 e. The lowest BCUT2D eigenvalue weighted by molar-refractivity contribution is -0.126. The summed E-state index contributed by atoms with van der Waals surface area (Å²) in [5.74, 6) is 1.48. The maximum absolute atomic E-state index is 13.2. The number of halogens is 1. The standard InChI is InChI=1S/C22H24FN3O/c23-18-5-3-4-16(12-18)14-24-22(27)17-10-8-15(9-11-17)13-21-25-19-6-1-2-7-20(19)26-21/h1-7,12,15,17H,8-11,13-14H2,(H,24,27)(H,25,26). The van der Waals surface area contributed by atoms with E-state index in [1.165, 1.54) is 12.1 Å². The Morgan fingerprint density at radius 2 is 1.93 bits per heavy atom. The number of carbonyl (C=O) groups is 1. The van der Waals surface area contributed by atoms with Gasteiger partial charge >= 0.3 is 0 Å². The average Bonchev–Trinajstić information content (AvgIpc) is 3.09. The summed E-state index contributed by atoms with van der Waals surface area (Å²) in [4.78, 5) is 20.5. The minimum atomic E-state index is -0.271. The third-order valence-corrected chi connectivity index (χ3v) is 5.49. The van der Waals surface area contributed by atoms with Crippen LogP contribution < -0.4 is 5.32 Å². The fraction of sp³-hybridized carbons (Fsp3) is 0.364. The van der Waals surface area contributed by atoms with Crippen molar-refractivity contribution in [2.75, 3.05) is 0 Å². The molecule has 1 saturated carbocycles. The van der Waals surface area contributed by atoms with Crippen molar-refractivity contribution < 1.29 is 9.18 Å². The van der Waals surface area contributed by atoms with Gasteiger partial charge in [0.15, 0.2) is 0 Å². The third kappa shape index (κ3) is 4.35. The summed E-state index contributed by atoms with van der Waals surface area (Å²) in [6.07, 6.45) is 4.82. The summed E-state index contributed by atoms with van der Waals surface area (Å²) in [5.41, 5.74) is 2.89. The van der Waals surface area contributed by atoms with Gasteiger partial charge < -0.3 is 10.3 Å². The van der Waals surface area contributed by atoms with E-state index >= 15 is 0 Å². The van der Waals surface area contributed by atoms with Gasteiger partial charge in [-0.15, -0.1) is 0 Å². The van der Waals surface area contributed by atoms with E-state index in [4.69, 9.17) is 0 Å². The van der Waals surface area contributed by atoms with Crippen LogP contribution in [0.3, 0.4) is 0 Å². The summed E-state index contributed by atoms with van der Waals surface area (Å²) in [7, 11) is 0. The zero-order valence-electron chi connectivity index (χ0n) is 15.2. The third-order valence-electron chi connectivity index (χ3n) is 5.49. The quantitative estimate of drug-likeness (QED) is 0.705. The Bertz CT molecular complexity index is 895. The molecule has 140 valence electrons. The summed E-state index contributed by atoms with van der Waals surface area (Å²) < 4.78 is 13.2. The van der Waals surface area contributed by atoms with Crippen LogP contribution in [0, 0.1) is 17.7 Å². The van der Waals surface area contributed by atoms with E-state index < -0.39 is 0 Å². The van der Waals surface area contributed by atoms with Gasteiger partial charge in [-0.3, -0.25) is 4.79 Å². The molecule has 1 heterocycles. The van der Waals surface area contributed by atoms with Gasteiger partial charge in [-0.05, 0) is 61.4 Å². The molecule has 0 radical (unpaired) electrons. The molecular weight excluding hydrogens is 341 g/mol. The van der Waals surface area contributed by atoms with Gasteiger partial charge in [-0.2, -0.15) is 0 Å². The van der Waals surface area contributed by atoms with Crippen LogP contribution in [0.5, 0.6) is 0 Å². The molecular formula is C22H24FN3O. The molecule has 4 rings (SSSR count). The Morgan fingerprint density at radius 1 is 1.11 bits per heavy atom. The highest BCUT2D eigenvalue weighted by molar-refractivity contribution is 5.78. The maximum atomic E-state index is 13.2. The van der Waals surface area contributed by atoms with Crippen LogP contribution in [0.2, 0.25) is 0 Å². The molecule has 0 spiro atoms. The SMILES string of the molecule is O=C(NCc1cccc(F)c1)C1CCC(Cc2nc3ccccc3[nH]2)CC1. The van der Waals surface area contributed by atoms with Crippen molar-refractivity contribution >= 4 is 16.9 Å². The highest BCUT2D eigenvalue weighted by Gasteiger charge is 2.26. The zero-order valence-corrected chi connectivity index (χ0v) is 15.2. The van der Waals surface area contributed by atoms with E-state index in [0.29, 0.717) is 12.5 Å². The van der Waals surface area contributed by atoms with Gasteiger partial charge in [-0.25, -0.2) is 9.37 Å². The number of imidazole rings is 1. The van der Waals surface area contributed by atoms with Crippen molar-refractivity contribution in [1.29, 1.82) is 0 Å². The van der Waals surface area contributed by atoms with Crippen LogP contribution in [0.1, 0.15) is 37.1 Å². The van der Waals surface area contributed by atoms with Crippen LogP contribution in [0.15, 0.2) is 48.5 Å². The van der Waals surface area contributed by atoms with Crippen molar-refractivity contribution in [2.45, 2.75) is 38.6 Å². The summed E-state index contributed by atoms with van der Waals surface area (Å²) in [5, 5.41) is 2.95. The average molecular weight is 365 g/mol. The van der Waals surface area contributed by atoms with Gasteiger partial charge in [0.1, 0.15) is 11.6 Å². The summed E-state index contributed by atoms with van der Waals surface area (Å²) in [6.45, 7) is 0.384. The van der Waals surface area contributed by atoms with Crippen LogP contribution in [0.4, 0.5) is 4.39 Å². The number of nitrogens with zero attached hydrogens (tertiary/aromatic N) is 1. The molecule has 1 aliphatic rings. The molecule has 0 unspecified atom stereocenters. The second-order valence-electron chi connectivity index (χ2n) is 7.47. The van der Waals surface area contributed by atoms with Crippen molar-refractivity contribution in [3.63, 3.8) is 0 Å². The summed E-state index contributed by atoms with van der Waals surface area (Å²) >= 11 is 0. The Morgan fingerprint density at radius 3 is 2.70 bits per heavy atom. The number of H-pyrrole nitrogens is 1. The molecule has 27 heavy (non-hydrogen) atoms. The number of hydrogen-bond donors (Lipinski definition) is 2. The number of aromatic amines is 1. The molecule has 1 fully saturated rings. The molecule has 1 amide bonds. The van der Waals surface area contributed by atoms with Crippen molar-refractivity contribution in [3.05, 3.63) is 65.7 Å². The first-order valence-corrected chi connectivity index (χ1v) is 9.63. The topological polar surface area (TPSA) is 57.8 Å². The molecule has 1 aliphatic carbocycles. The number of carbonyl (C=O) groups excluding carboxylic acids is 1. The molecule has 0 bridgehead atoms. The first-order chi connectivity index (χ1) is 13.2. The molecule has 0 saturated heterocycles. The number of fused-ring (bicyclic) bond motifs is 1. The lowest BCUT2D eigenvalue weighted by atomic mass is 9.80. The highest BCUT2D eigenvalue weighted by atomic mass is 19.1. The Kier molecular flexibility index (Phi) is 5.19. The smallest absolute Gasteiger partial charge is 0.223 e. The van der Waals surface area contributed by atoms with E-state index in [-0.39, 0.29) is 17.6 Å². The van der Waals surface area contributed by atoms with E-state index in [1.54, 1.807) is 6.07 Å². The second-order valence-corrected chi connectivity index (χ2v) is 7.47. The molecule has 2 N–H and O–H groups in total. The molecule has 0 aliphatic heterocycles. The van der Waals surface area contributed by atoms with Crippen molar-refractivity contribution in [2.24, 2.45) is 11.8 Å². The van der Waals surface area contributed by atoms with Gasteiger partial charge in [0.2, 0.25) is 5.91 Å². The number of para-hydroxylation sites is 2. The molecule has 1 aromatic heterocycles. The predicted octanol–water partition coefficient (Wildman–Crippen LogP) is 4.37. The van der Waals surface area contributed by atoms with Crippen molar-refractivity contribution in [3.8, 4) is 0 Å². The first-order valence-electron chi connectivity index (χ1n) is 9.63. The molecule has 5 heteroatoms. The Labute approximate surface area is 158 Å². The molecule has 0 atom stereocenters. The van der Waals surface area contributed by atoms with Crippen molar-refractivity contribution in [1.82, 2.24) is 15.3 Å². The monoisotopic (exact) mass is 365 g/mol. The van der Waals surface area contributed by atoms with Crippen LogP contribution >= 0.6 is 0 Å². The van der Waals surface area contributed by atoms with Crippen LogP contribution in [-0.2, 0) is 17.8 Å². The number of nitrogens with one attached hydrogen (secondary N) is 2. The molecule has 3 aromatic rings. The largest absolute Gasteiger partial charge is 0.352 e. The van der Waals surface area contributed by atoms with Gasteiger partial charge in [0.25, 0.3) is 0 Å². The minimum absolute atomic E-state index is 0.0606. The number of rotatable bonds is 5. The fourth-order valence-electron chi connectivity index (χ4n) is 3.98. The normalized spacial score (nSPS) is 19.9. The maximum Gasteiger partial charge on any atom is 0.223 e. The van der Waals surface area contributed by atoms with E-state index in [1.807, 2.05) is 30.3 Å². The van der Waals surface area contributed by atoms with Crippen LogP contribution in [0.25, 0.3) is 11.0 Å². The highest BCUT2D eigenvalue weighted by Crippen LogP contribution is 2.31.